The molecule has 0 aromatic heterocycles. The first-order valence-electron chi connectivity index (χ1n) is 4.93. The van der Waals surface area contributed by atoms with Gasteiger partial charge in [-0.2, -0.15) is 0 Å². The molecule has 14 heavy (non-hydrogen) atoms. The van der Waals surface area contributed by atoms with Crippen molar-refractivity contribution in [1.29, 1.82) is 0 Å². The van der Waals surface area contributed by atoms with Crippen LogP contribution in [-0.4, -0.2) is 18.2 Å². The number of thiol groups is 1. The van der Waals surface area contributed by atoms with Crippen molar-refractivity contribution in [2.45, 2.75) is 39.6 Å². The molecule has 0 saturated carbocycles. The molecule has 0 aliphatic heterocycles. The summed E-state index contributed by atoms with van der Waals surface area (Å²) in [5.74, 6) is 0.779. The standard InChI is InChI=1S/C10H20O3S/c1-7(2)5-9(14)13-10(11)12-6-8(3)4/h7-9,14H,5-6H2,1-4H3. The third kappa shape index (κ3) is 8.23. The van der Waals surface area contributed by atoms with Crippen molar-refractivity contribution in [1.82, 2.24) is 0 Å². The van der Waals surface area contributed by atoms with E-state index in [0.29, 0.717) is 18.4 Å². The lowest BCUT2D eigenvalue weighted by Crippen LogP contribution is -2.17. The summed E-state index contributed by atoms with van der Waals surface area (Å²) < 4.78 is 9.76. The molecule has 0 aromatic rings. The summed E-state index contributed by atoms with van der Waals surface area (Å²) in [7, 11) is 0. The number of carbonyl (C=O) groups excluding carboxylic acids is 1. The molecule has 3 nitrogen and oxygen atoms in total. The highest BCUT2D eigenvalue weighted by Crippen LogP contribution is 2.12. The molecule has 1 atom stereocenters. The highest BCUT2D eigenvalue weighted by atomic mass is 32.1. The Hall–Kier alpha value is -0.380. The Kier molecular flexibility index (Phi) is 6.79. The molecule has 84 valence electrons. The Morgan fingerprint density at radius 2 is 1.79 bits per heavy atom. The Balaban J connectivity index is 3.60. The van der Waals surface area contributed by atoms with Gasteiger partial charge >= 0.3 is 6.16 Å². The van der Waals surface area contributed by atoms with Gasteiger partial charge < -0.3 is 9.47 Å². The molecule has 4 heteroatoms. The van der Waals surface area contributed by atoms with E-state index in [4.69, 9.17) is 9.47 Å². The van der Waals surface area contributed by atoms with Crippen LogP contribution in [0.15, 0.2) is 0 Å². The summed E-state index contributed by atoms with van der Waals surface area (Å²) in [5.41, 5.74) is -0.366. The molecule has 0 fully saturated rings. The van der Waals surface area contributed by atoms with Crippen LogP contribution in [0.2, 0.25) is 0 Å². The minimum Gasteiger partial charge on any atom is -0.434 e. The van der Waals surface area contributed by atoms with Gasteiger partial charge in [-0.25, -0.2) is 4.79 Å². The number of rotatable bonds is 5. The van der Waals surface area contributed by atoms with Crippen molar-refractivity contribution in [3.8, 4) is 0 Å². The summed E-state index contributed by atoms with van der Waals surface area (Å²) in [6.45, 7) is 8.43. The number of carbonyl (C=O) groups is 1. The molecular formula is C10H20O3S. The normalized spacial score (nSPS) is 13.1. The molecule has 0 bridgehead atoms. The lowest BCUT2D eigenvalue weighted by Gasteiger charge is -2.14. The van der Waals surface area contributed by atoms with E-state index < -0.39 is 6.16 Å². The zero-order chi connectivity index (χ0) is 11.1. The first-order valence-corrected chi connectivity index (χ1v) is 5.45. The van der Waals surface area contributed by atoms with Gasteiger partial charge in [0.15, 0.2) is 0 Å². The Morgan fingerprint density at radius 3 is 2.21 bits per heavy atom. The minimum absolute atomic E-state index is 0.325. The average molecular weight is 220 g/mol. The van der Waals surface area contributed by atoms with Gasteiger partial charge in [-0.1, -0.05) is 27.7 Å². The third-order valence-electron chi connectivity index (χ3n) is 1.44. The monoisotopic (exact) mass is 220 g/mol. The number of hydrogen-bond acceptors (Lipinski definition) is 4. The Morgan fingerprint density at radius 1 is 1.21 bits per heavy atom. The Labute approximate surface area is 91.6 Å². The van der Waals surface area contributed by atoms with E-state index in [0.717, 1.165) is 6.42 Å². The van der Waals surface area contributed by atoms with E-state index in [-0.39, 0.29) is 5.44 Å². The van der Waals surface area contributed by atoms with E-state index in [2.05, 4.69) is 12.6 Å². The predicted octanol–water partition coefficient (Wildman–Crippen LogP) is 3.10. The van der Waals surface area contributed by atoms with Crippen LogP contribution < -0.4 is 0 Å². The van der Waals surface area contributed by atoms with Gasteiger partial charge in [0.2, 0.25) is 0 Å². The second kappa shape index (κ2) is 6.98. The first-order chi connectivity index (χ1) is 6.41. The van der Waals surface area contributed by atoms with Crippen molar-refractivity contribution in [2.75, 3.05) is 6.61 Å². The quantitative estimate of drug-likeness (QED) is 0.439. The van der Waals surface area contributed by atoms with Crippen LogP contribution in [0.1, 0.15) is 34.1 Å². The van der Waals surface area contributed by atoms with E-state index in [1.807, 2.05) is 27.7 Å². The van der Waals surface area contributed by atoms with Crippen molar-refractivity contribution >= 4 is 18.8 Å². The molecule has 0 N–H and O–H groups in total. The molecule has 0 radical (unpaired) electrons. The van der Waals surface area contributed by atoms with Gasteiger partial charge in [0.25, 0.3) is 0 Å². The van der Waals surface area contributed by atoms with Crippen LogP contribution in [0.4, 0.5) is 4.79 Å². The van der Waals surface area contributed by atoms with Gasteiger partial charge in [0, 0.05) is 0 Å². The predicted molar refractivity (Wildman–Crippen MR) is 59.5 cm³/mol. The molecular weight excluding hydrogens is 200 g/mol. The Bertz CT molecular complexity index is 169. The lowest BCUT2D eigenvalue weighted by atomic mass is 10.1. The topological polar surface area (TPSA) is 35.5 Å². The smallest absolute Gasteiger partial charge is 0.434 e. The van der Waals surface area contributed by atoms with Gasteiger partial charge in [-0.15, -0.1) is 12.6 Å². The summed E-state index contributed by atoms with van der Waals surface area (Å²) in [5, 5.41) is 0. The maximum absolute atomic E-state index is 11.0. The second-order valence-corrected chi connectivity index (χ2v) is 4.73. The van der Waals surface area contributed by atoms with Crippen LogP contribution in [-0.2, 0) is 9.47 Å². The molecule has 0 heterocycles. The molecule has 0 spiro atoms. The lowest BCUT2D eigenvalue weighted by molar-refractivity contribution is 0.0368. The number of ether oxygens (including phenoxy) is 2. The van der Waals surface area contributed by atoms with E-state index in [1.54, 1.807) is 0 Å². The third-order valence-corrected chi connectivity index (χ3v) is 1.76. The van der Waals surface area contributed by atoms with Crippen molar-refractivity contribution in [3.05, 3.63) is 0 Å². The summed E-state index contributed by atoms with van der Waals surface area (Å²) in [6, 6.07) is 0. The van der Waals surface area contributed by atoms with Gasteiger partial charge in [-0.05, 0) is 18.3 Å². The molecule has 0 saturated heterocycles. The van der Waals surface area contributed by atoms with Crippen LogP contribution in [0, 0.1) is 11.8 Å². The summed E-state index contributed by atoms with van der Waals surface area (Å²) >= 11 is 4.13. The summed E-state index contributed by atoms with van der Waals surface area (Å²) in [6.07, 6.45) is 0.110. The second-order valence-electron chi connectivity index (χ2n) is 4.16. The highest BCUT2D eigenvalue weighted by molar-refractivity contribution is 7.80. The SMILES string of the molecule is CC(C)COC(=O)OC(S)CC(C)C. The highest BCUT2D eigenvalue weighted by Gasteiger charge is 2.13. The van der Waals surface area contributed by atoms with Crippen molar-refractivity contribution < 1.29 is 14.3 Å². The fourth-order valence-corrected chi connectivity index (χ4v) is 1.34. The molecule has 0 aliphatic rings. The average Bonchev–Trinajstić information content (AvgIpc) is 1.98. The molecule has 0 rings (SSSR count). The van der Waals surface area contributed by atoms with Crippen LogP contribution >= 0.6 is 12.6 Å². The van der Waals surface area contributed by atoms with Crippen LogP contribution in [0.3, 0.4) is 0 Å². The maximum atomic E-state index is 11.0. The van der Waals surface area contributed by atoms with E-state index >= 15 is 0 Å². The molecule has 0 aromatic carbocycles. The molecule has 0 amide bonds. The van der Waals surface area contributed by atoms with Crippen molar-refractivity contribution in [3.63, 3.8) is 0 Å². The van der Waals surface area contributed by atoms with Crippen LogP contribution in [0.5, 0.6) is 0 Å². The van der Waals surface area contributed by atoms with Gasteiger partial charge in [0.05, 0.1) is 6.61 Å². The van der Waals surface area contributed by atoms with Crippen molar-refractivity contribution in [2.24, 2.45) is 11.8 Å². The molecule has 0 aliphatic carbocycles. The fraction of sp³-hybridized carbons (Fsp3) is 0.900. The zero-order valence-corrected chi connectivity index (χ0v) is 10.2. The zero-order valence-electron chi connectivity index (χ0n) is 9.32. The first kappa shape index (κ1) is 13.6. The van der Waals surface area contributed by atoms with E-state index in [9.17, 15) is 4.79 Å². The fourth-order valence-electron chi connectivity index (χ4n) is 0.831. The van der Waals surface area contributed by atoms with E-state index in [1.165, 1.54) is 0 Å². The largest absolute Gasteiger partial charge is 0.509 e. The minimum atomic E-state index is -0.626. The van der Waals surface area contributed by atoms with Gasteiger partial charge in [-0.3, -0.25) is 0 Å². The van der Waals surface area contributed by atoms with Gasteiger partial charge in [0.1, 0.15) is 5.44 Å². The summed E-state index contributed by atoms with van der Waals surface area (Å²) in [4.78, 5) is 11.0. The number of hydrogen-bond donors (Lipinski definition) is 1. The molecule has 1 unspecified atom stereocenters. The van der Waals surface area contributed by atoms with Crippen LogP contribution in [0.25, 0.3) is 0 Å². The maximum Gasteiger partial charge on any atom is 0.509 e.